The van der Waals surface area contributed by atoms with E-state index in [9.17, 15) is 4.79 Å². The van der Waals surface area contributed by atoms with Crippen molar-refractivity contribution in [2.24, 2.45) is 12.8 Å². The highest BCUT2D eigenvalue weighted by Gasteiger charge is 2.25. The fraction of sp³-hybridized carbons (Fsp3) is 0.733. The van der Waals surface area contributed by atoms with E-state index in [1.54, 1.807) is 11.7 Å². The van der Waals surface area contributed by atoms with Crippen LogP contribution in [-0.2, 0) is 11.8 Å². The van der Waals surface area contributed by atoms with Crippen LogP contribution in [0.3, 0.4) is 0 Å². The van der Waals surface area contributed by atoms with Crippen LogP contribution in [0.5, 0.6) is 0 Å². The molecule has 0 aliphatic heterocycles. The Kier molecular flexibility index (Phi) is 6.26. The second kappa shape index (κ2) is 7.33. The molecule has 22 heavy (non-hydrogen) atoms. The number of nitrogens with two attached hydrogens (primary N) is 1. The van der Waals surface area contributed by atoms with Gasteiger partial charge in [0.05, 0.1) is 5.69 Å². The van der Waals surface area contributed by atoms with E-state index in [-0.39, 0.29) is 11.8 Å². The number of amides is 1. The number of aryl methyl sites for hydroxylation is 1. The molecule has 1 aromatic rings. The zero-order valence-corrected chi connectivity index (χ0v) is 15.0. The maximum absolute atomic E-state index is 11.8. The van der Waals surface area contributed by atoms with Crippen molar-refractivity contribution in [2.75, 3.05) is 13.1 Å². The molecule has 1 aromatic heterocycles. The van der Waals surface area contributed by atoms with E-state index in [4.69, 9.17) is 22.1 Å². The number of nitrogens with one attached hydrogen (secondary N) is 1. The minimum atomic E-state index is -0.530. The van der Waals surface area contributed by atoms with Crippen LogP contribution >= 0.6 is 11.6 Å². The van der Waals surface area contributed by atoms with Gasteiger partial charge in [0.2, 0.25) is 0 Å². The highest BCUT2D eigenvalue weighted by atomic mass is 35.5. The maximum Gasteiger partial charge on any atom is 0.407 e. The molecular weight excluding hydrogens is 304 g/mol. The van der Waals surface area contributed by atoms with Crippen molar-refractivity contribution in [2.45, 2.75) is 52.1 Å². The molecule has 6 nitrogen and oxygen atoms in total. The van der Waals surface area contributed by atoms with E-state index in [0.717, 1.165) is 11.3 Å². The van der Waals surface area contributed by atoms with Gasteiger partial charge in [-0.15, -0.1) is 0 Å². The van der Waals surface area contributed by atoms with E-state index in [1.807, 2.05) is 20.8 Å². The Morgan fingerprint density at radius 2 is 2.05 bits per heavy atom. The molecule has 1 heterocycles. The van der Waals surface area contributed by atoms with Gasteiger partial charge in [0.25, 0.3) is 0 Å². The first-order valence-corrected chi connectivity index (χ1v) is 7.83. The number of halogens is 1. The Bertz CT molecular complexity index is 520. The molecule has 1 rings (SSSR count). The molecule has 0 saturated heterocycles. The molecule has 7 heteroatoms. The monoisotopic (exact) mass is 330 g/mol. The number of rotatable bonds is 5. The molecule has 0 spiro atoms. The van der Waals surface area contributed by atoms with Gasteiger partial charge >= 0.3 is 6.09 Å². The zero-order chi connectivity index (χ0) is 17.1. The molecule has 0 aliphatic carbocycles. The molecule has 0 bridgehead atoms. The lowest BCUT2D eigenvalue weighted by Gasteiger charge is -2.22. The summed E-state index contributed by atoms with van der Waals surface area (Å²) < 4.78 is 6.88. The minimum absolute atomic E-state index is 0.105. The summed E-state index contributed by atoms with van der Waals surface area (Å²) in [4.78, 5) is 11.8. The number of carbonyl (C=O) groups excluding carboxylic acids is 1. The molecule has 1 atom stereocenters. The topological polar surface area (TPSA) is 82.2 Å². The summed E-state index contributed by atoms with van der Waals surface area (Å²) in [5, 5.41) is 7.77. The van der Waals surface area contributed by atoms with E-state index in [2.05, 4.69) is 24.3 Å². The summed E-state index contributed by atoms with van der Waals surface area (Å²) in [5.74, 6) is 0.121. The van der Waals surface area contributed by atoms with Gasteiger partial charge in [-0.2, -0.15) is 5.10 Å². The lowest BCUT2D eigenvalue weighted by Crippen LogP contribution is -2.36. The van der Waals surface area contributed by atoms with Gasteiger partial charge in [-0.1, -0.05) is 25.4 Å². The van der Waals surface area contributed by atoms with Crippen LogP contribution in [0.1, 0.15) is 57.7 Å². The van der Waals surface area contributed by atoms with Crippen LogP contribution in [0, 0.1) is 0 Å². The first-order valence-electron chi connectivity index (χ1n) is 7.46. The van der Waals surface area contributed by atoms with E-state index in [1.165, 1.54) is 0 Å². The number of ether oxygens (including phenoxy) is 1. The predicted octanol–water partition coefficient (Wildman–Crippen LogP) is 2.76. The lowest BCUT2D eigenvalue weighted by molar-refractivity contribution is 0.0525. The van der Waals surface area contributed by atoms with E-state index >= 15 is 0 Å². The van der Waals surface area contributed by atoms with Crippen molar-refractivity contribution in [3.8, 4) is 0 Å². The Balaban J connectivity index is 2.87. The van der Waals surface area contributed by atoms with E-state index in [0.29, 0.717) is 18.2 Å². The van der Waals surface area contributed by atoms with Gasteiger partial charge in [0, 0.05) is 31.6 Å². The van der Waals surface area contributed by atoms with Crippen molar-refractivity contribution in [3.63, 3.8) is 0 Å². The van der Waals surface area contributed by atoms with Crippen molar-refractivity contribution in [3.05, 3.63) is 16.4 Å². The zero-order valence-electron chi connectivity index (χ0n) is 14.2. The van der Waals surface area contributed by atoms with Crippen molar-refractivity contribution >= 4 is 17.7 Å². The summed E-state index contributed by atoms with van der Waals surface area (Å²) in [5.41, 5.74) is 7.16. The molecule has 3 N–H and O–H groups in total. The number of hydrogen-bond acceptors (Lipinski definition) is 4. The van der Waals surface area contributed by atoms with Crippen molar-refractivity contribution in [1.82, 2.24) is 15.1 Å². The van der Waals surface area contributed by atoms with Crippen LogP contribution in [0.15, 0.2) is 0 Å². The SMILES string of the molecule is CC(C)c1nn(C)c(Cl)c1C(CN)CNC(=O)OC(C)(C)C. The third-order valence-corrected chi connectivity index (χ3v) is 3.62. The fourth-order valence-corrected chi connectivity index (χ4v) is 2.46. The Hall–Kier alpha value is -1.27. The molecule has 126 valence electrons. The molecule has 0 fully saturated rings. The number of aromatic nitrogens is 2. The van der Waals surface area contributed by atoms with Crippen molar-refractivity contribution in [1.29, 1.82) is 0 Å². The Morgan fingerprint density at radius 3 is 2.50 bits per heavy atom. The van der Waals surface area contributed by atoms with Crippen LogP contribution in [-0.4, -0.2) is 34.6 Å². The van der Waals surface area contributed by atoms with E-state index < -0.39 is 11.7 Å². The van der Waals surface area contributed by atoms with Gasteiger partial charge in [-0.05, 0) is 26.7 Å². The summed E-state index contributed by atoms with van der Waals surface area (Å²) in [6, 6.07) is 0. The summed E-state index contributed by atoms with van der Waals surface area (Å²) in [7, 11) is 1.80. The number of nitrogens with zero attached hydrogens (tertiary/aromatic N) is 2. The number of hydrogen-bond donors (Lipinski definition) is 2. The van der Waals surface area contributed by atoms with Gasteiger partial charge in [0.1, 0.15) is 10.8 Å². The third kappa shape index (κ3) is 4.88. The number of alkyl carbamates (subject to hydrolysis) is 1. The molecule has 0 saturated carbocycles. The second-order valence-corrected chi connectivity index (χ2v) is 7.04. The average molecular weight is 331 g/mol. The maximum atomic E-state index is 11.8. The second-order valence-electron chi connectivity index (χ2n) is 6.68. The molecule has 0 radical (unpaired) electrons. The van der Waals surface area contributed by atoms with Crippen LogP contribution in [0.25, 0.3) is 0 Å². The number of carbonyl (C=O) groups is 1. The fourth-order valence-electron chi connectivity index (χ4n) is 2.17. The molecule has 0 aliphatic rings. The Labute approximate surface area is 137 Å². The summed E-state index contributed by atoms with van der Waals surface area (Å²) in [6.45, 7) is 10.3. The van der Waals surface area contributed by atoms with Crippen LogP contribution in [0.4, 0.5) is 4.79 Å². The standard InChI is InChI=1S/C15H27ClN4O2/c1-9(2)12-11(13(16)20(6)19-12)10(7-17)8-18-14(21)22-15(3,4)5/h9-10H,7-8,17H2,1-6H3,(H,18,21). The molecule has 1 unspecified atom stereocenters. The lowest BCUT2D eigenvalue weighted by atomic mass is 9.95. The highest BCUT2D eigenvalue weighted by molar-refractivity contribution is 6.30. The quantitative estimate of drug-likeness (QED) is 0.869. The highest BCUT2D eigenvalue weighted by Crippen LogP contribution is 2.31. The van der Waals surface area contributed by atoms with Crippen LogP contribution in [0.2, 0.25) is 5.15 Å². The Morgan fingerprint density at radius 1 is 1.45 bits per heavy atom. The van der Waals surface area contributed by atoms with Gasteiger partial charge in [-0.25, -0.2) is 4.79 Å². The van der Waals surface area contributed by atoms with Gasteiger partial charge in [-0.3, -0.25) is 4.68 Å². The average Bonchev–Trinajstić information content (AvgIpc) is 2.66. The summed E-state index contributed by atoms with van der Waals surface area (Å²) in [6.07, 6.45) is -0.461. The van der Waals surface area contributed by atoms with Gasteiger partial charge in [0.15, 0.2) is 0 Å². The largest absolute Gasteiger partial charge is 0.444 e. The molecular formula is C15H27ClN4O2. The summed E-state index contributed by atoms with van der Waals surface area (Å²) >= 11 is 6.35. The minimum Gasteiger partial charge on any atom is -0.444 e. The first kappa shape index (κ1) is 18.8. The van der Waals surface area contributed by atoms with Crippen molar-refractivity contribution < 1.29 is 9.53 Å². The first-order chi connectivity index (χ1) is 10.1. The van der Waals surface area contributed by atoms with Gasteiger partial charge < -0.3 is 15.8 Å². The predicted molar refractivity (Wildman–Crippen MR) is 88.3 cm³/mol. The smallest absolute Gasteiger partial charge is 0.407 e. The van der Waals surface area contributed by atoms with Crippen LogP contribution < -0.4 is 11.1 Å². The normalized spacial score (nSPS) is 13.3. The molecule has 1 amide bonds. The molecule has 0 aromatic carbocycles. The third-order valence-electron chi connectivity index (χ3n) is 3.17.